The third-order valence-electron chi connectivity index (χ3n) is 2.90. The highest BCUT2D eigenvalue weighted by atomic mass is 17.2. The van der Waals surface area contributed by atoms with Gasteiger partial charge in [-0.25, -0.2) is 9.78 Å². The van der Waals surface area contributed by atoms with E-state index >= 15 is 0 Å². The second-order valence-electron chi connectivity index (χ2n) is 5.58. The highest BCUT2D eigenvalue weighted by Gasteiger charge is 2.07. The molecular formula is C18H32O2. The smallest absolute Gasteiger partial charge is 0.0819 e. The molecular weight excluding hydrogens is 248 g/mol. The largest absolute Gasteiger partial charge is 0.237 e. The van der Waals surface area contributed by atoms with Gasteiger partial charge in [0, 0.05) is 0 Å². The molecule has 0 aliphatic heterocycles. The van der Waals surface area contributed by atoms with Crippen molar-refractivity contribution in [2.75, 3.05) is 13.2 Å². The van der Waals surface area contributed by atoms with Gasteiger partial charge in [-0.3, -0.25) is 0 Å². The standard InChI is InChI=1S/C12H18.C6H14O2/c1-9(2)11-7-5-6-8-12(11)10(3)4;1-3-5-7-8-6-4-2/h5-10H,1-4H3;3-6H2,1-2H3. The van der Waals surface area contributed by atoms with E-state index < -0.39 is 0 Å². The van der Waals surface area contributed by atoms with Crippen LogP contribution in [0.15, 0.2) is 24.3 Å². The van der Waals surface area contributed by atoms with Crippen molar-refractivity contribution in [1.82, 2.24) is 0 Å². The van der Waals surface area contributed by atoms with E-state index in [1.165, 1.54) is 11.1 Å². The summed E-state index contributed by atoms with van der Waals surface area (Å²) in [5.74, 6) is 1.28. The molecule has 0 aliphatic rings. The topological polar surface area (TPSA) is 18.5 Å². The fourth-order valence-corrected chi connectivity index (χ4v) is 1.85. The van der Waals surface area contributed by atoms with Crippen LogP contribution in [0.2, 0.25) is 0 Å². The Morgan fingerprint density at radius 2 is 1.10 bits per heavy atom. The van der Waals surface area contributed by atoms with Gasteiger partial charge in [-0.15, -0.1) is 0 Å². The van der Waals surface area contributed by atoms with Gasteiger partial charge in [-0.2, -0.15) is 0 Å². The molecule has 0 unspecified atom stereocenters. The number of hydrogen-bond acceptors (Lipinski definition) is 2. The van der Waals surface area contributed by atoms with Crippen molar-refractivity contribution >= 4 is 0 Å². The molecule has 0 aromatic heterocycles. The molecule has 0 amide bonds. The molecule has 0 aliphatic carbocycles. The molecule has 1 aromatic carbocycles. The van der Waals surface area contributed by atoms with Crippen molar-refractivity contribution in [3.8, 4) is 0 Å². The third-order valence-corrected chi connectivity index (χ3v) is 2.90. The van der Waals surface area contributed by atoms with Crippen molar-refractivity contribution in [1.29, 1.82) is 0 Å². The first-order chi connectivity index (χ1) is 9.54. The summed E-state index contributed by atoms with van der Waals surface area (Å²) in [6.45, 7) is 14.5. The Balaban J connectivity index is 0.000000396. The van der Waals surface area contributed by atoms with Gasteiger partial charge < -0.3 is 0 Å². The van der Waals surface area contributed by atoms with Crippen LogP contribution in [0.5, 0.6) is 0 Å². The maximum absolute atomic E-state index is 4.72. The molecule has 2 nitrogen and oxygen atoms in total. The van der Waals surface area contributed by atoms with Gasteiger partial charge in [-0.1, -0.05) is 65.8 Å². The minimum absolute atomic E-state index is 0.642. The van der Waals surface area contributed by atoms with Crippen molar-refractivity contribution in [3.05, 3.63) is 35.4 Å². The van der Waals surface area contributed by atoms with E-state index in [0.717, 1.165) is 12.8 Å². The highest BCUT2D eigenvalue weighted by molar-refractivity contribution is 5.31. The minimum atomic E-state index is 0.642. The van der Waals surface area contributed by atoms with Crippen LogP contribution in [0.25, 0.3) is 0 Å². The summed E-state index contributed by atoms with van der Waals surface area (Å²) in [6, 6.07) is 8.72. The number of hydrogen-bond donors (Lipinski definition) is 0. The zero-order valence-corrected chi connectivity index (χ0v) is 14.1. The van der Waals surface area contributed by atoms with Crippen LogP contribution in [0, 0.1) is 0 Å². The van der Waals surface area contributed by atoms with Crippen molar-refractivity contribution in [3.63, 3.8) is 0 Å². The average Bonchev–Trinajstić information content (AvgIpc) is 2.44. The third kappa shape index (κ3) is 8.34. The highest BCUT2D eigenvalue weighted by Crippen LogP contribution is 2.25. The predicted molar refractivity (Wildman–Crippen MR) is 87.1 cm³/mol. The zero-order chi connectivity index (χ0) is 15.4. The second kappa shape index (κ2) is 11.9. The van der Waals surface area contributed by atoms with Crippen LogP contribution >= 0.6 is 0 Å². The maximum atomic E-state index is 4.72. The summed E-state index contributed by atoms with van der Waals surface area (Å²) >= 11 is 0. The van der Waals surface area contributed by atoms with E-state index in [1.807, 2.05) is 0 Å². The molecule has 20 heavy (non-hydrogen) atoms. The van der Waals surface area contributed by atoms with Crippen LogP contribution in [0.3, 0.4) is 0 Å². The Labute approximate surface area is 125 Å². The molecule has 0 bridgehead atoms. The minimum Gasteiger partial charge on any atom is -0.237 e. The van der Waals surface area contributed by atoms with Crippen molar-refractivity contribution < 1.29 is 9.78 Å². The van der Waals surface area contributed by atoms with E-state index in [-0.39, 0.29) is 0 Å². The Morgan fingerprint density at radius 3 is 1.35 bits per heavy atom. The molecule has 1 aromatic rings. The summed E-state index contributed by atoms with van der Waals surface area (Å²) in [7, 11) is 0. The summed E-state index contributed by atoms with van der Waals surface area (Å²) in [4.78, 5) is 9.45. The van der Waals surface area contributed by atoms with Gasteiger partial charge >= 0.3 is 0 Å². The molecule has 1 rings (SSSR count). The fraction of sp³-hybridized carbons (Fsp3) is 0.667. The molecule has 0 heterocycles. The van der Waals surface area contributed by atoms with Gasteiger partial charge in [0.05, 0.1) is 13.2 Å². The van der Waals surface area contributed by atoms with Crippen LogP contribution in [0.4, 0.5) is 0 Å². The van der Waals surface area contributed by atoms with E-state index in [9.17, 15) is 0 Å². The van der Waals surface area contributed by atoms with E-state index in [2.05, 4.69) is 65.8 Å². The fourth-order valence-electron chi connectivity index (χ4n) is 1.85. The quantitative estimate of drug-likeness (QED) is 0.363. The lowest BCUT2D eigenvalue weighted by molar-refractivity contribution is -0.294. The average molecular weight is 280 g/mol. The molecule has 0 saturated carbocycles. The molecule has 0 fully saturated rings. The van der Waals surface area contributed by atoms with Crippen LogP contribution in [-0.2, 0) is 9.78 Å². The Bertz CT molecular complexity index is 299. The molecule has 0 atom stereocenters. The lowest BCUT2D eigenvalue weighted by Crippen LogP contribution is -1.97. The number of rotatable bonds is 7. The molecule has 0 N–H and O–H groups in total. The van der Waals surface area contributed by atoms with Crippen LogP contribution < -0.4 is 0 Å². The Hall–Kier alpha value is -0.860. The van der Waals surface area contributed by atoms with E-state index in [1.54, 1.807) is 0 Å². The first-order valence-electron chi connectivity index (χ1n) is 7.87. The predicted octanol–water partition coefficient (Wildman–Crippen LogP) is 5.69. The first kappa shape index (κ1) is 19.1. The van der Waals surface area contributed by atoms with Crippen LogP contribution in [-0.4, -0.2) is 13.2 Å². The van der Waals surface area contributed by atoms with Gasteiger partial charge in [0.2, 0.25) is 0 Å². The van der Waals surface area contributed by atoms with Gasteiger partial charge in [-0.05, 0) is 35.8 Å². The van der Waals surface area contributed by atoms with E-state index in [4.69, 9.17) is 9.78 Å². The molecule has 0 radical (unpaired) electrons. The second-order valence-corrected chi connectivity index (χ2v) is 5.58. The molecule has 0 saturated heterocycles. The molecule has 116 valence electrons. The number of benzene rings is 1. The van der Waals surface area contributed by atoms with Crippen LogP contribution in [0.1, 0.15) is 77.3 Å². The lowest BCUT2D eigenvalue weighted by atomic mass is 9.91. The normalized spacial score (nSPS) is 10.6. The van der Waals surface area contributed by atoms with Gasteiger partial charge in [0.25, 0.3) is 0 Å². The monoisotopic (exact) mass is 280 g/mol. The zero-order valence-electron chi connectivity index (χ0n) is 14.1. The summed E-state index contributed by atoms with van der Waals surface area (Å²) in [5, 5.41) is 0. The van der Waals surface area contributed by atoms with Gasteiger partial charge in [0.15, 0.2) is 0 Å². The summed E-state index contributed by atoms with van der Waals surface area (Å²) in [6.07, 6.45) is 2.04. The SMILES string of the molecule is CC(C)c1ccccc1C(C)C.CCCOOCCC. The van der Waals surface area contributed by atoms with Crippen molar-refractivity contribution in [2.24, 2.45) is 0 Å². The molecule has 2 heteroatoms. The Kier molecular flexibility index (Phi) is 11.4. The first-order valence-corrected chi connectivity index (χ1v) is 7.87. The Morgan fingerprint density at radius 1 is 0.750 bits per heavy atom. The van der Waals surface area contributed by atoms with Crippen molar-refractivity contribution in [2.45, 2.75) is 66.2 Å². The molecule has 0 spiro atoms. The lowest BCUT2D eigenvalue weighted by Gasteiger charge is -2.14. The van der Waals surface area contributed by atoms with E-state index in [0.29, 0.717) is 25.0 Å². The van der Waals surface area contributed by atoms with Gasteiger partial charge in [0.1, 0.15) is 0 Å². The summed E-state index contributed by atoms with van der Waals surface area (Å²) in [5.41, 5.74) is 2.99. The summed E-state index contributed by atoms with van der Waals surface area (Å²) < 4.78 is 0. The maximum Gasteiger partial charge on any atom is 0.0819 e.